The molecule has 1 aromatic carbocycles. The van der Waals surface area contributed by atoms with Crippen LogP contribution in [0.3, 0.4) is 0 Å². The second-order valence-corrected chi connectivity index (χ2v) is 12.4. The molecule has 218 valence electrons. The van der Waals surface area contributed by atoms with Crippen LogP contribution in [0.5, 0.6) is 5.75 Å². The SMILES string of the molecule is CCCOc1ccc(S(=O)(=O)N2CCC(C3COCO3)CC2)cc1-c1nc2c(CCC)c(CO)n(C)c2c(=O)[nH]1. The van der Waals surface area contributed by atoms with Crippen LogP contribution in [0.15, 0.2) is 27.9 Å². The zero-order valence-electron chi connectivity index (χ0n) is 23.3. The van der Waals surface area contributed by atoms with Crippen LogP contribution in [0.4, 0.5) is 0 Å². The van der Waals surface area contributed by atoms with Gasteiger partial charge in [-0.05, 0) is 49.8 Å². The summed E-state index contributed by atoms with van der Waals surface area (Å²) in [6, 6.07) is 4.73. The van der Waals surface area contributed by atoms with E-state index in [1.807, 2.05) is 13.8 Å². The van der Waals surface area contributed by atoms with Crippen molar-refractivity contribution < 1.29 is 27.7 Å². The molecular weight excluding hydrogens is 536 g/mol. The molecule has 4 heterocycles. The van der Waals surface area contributed by atoms with E-state index in [1.165, 1.54) is 4.31 Å². The van der Waals surface area contributed by atoms with E-state index in [-0.39, 0.29) is 34.9 Å². The van der Waals surface area contributed by atoms with Gasteiger partial charge in [-0.1, -0.05) is 20.3 Å². The van der Waals surface area contributed by atoms with Gasteiger partial charge in [0.15, 0.2) is 0 Å². The molecule has 5 rings (SSSR count). The Kier molecular flexibility index (Phi) is 8.62. The standard InChI is InChI=1S/C28H38N4O7S/c1-4-6-20-22(15-33)31(3)26-25(20)29-27(30-28(26)34)21-14-19(7-8-23(21)38-13-5-2)40(35,36)32-11-9-18(10-12-32)24-16-37-17-39-24/h7-8,14,18,24,33H,4-6,9-13,15-17H2,1-3H3,(H,29,30,34). The van der Waals surface area contributed by atoms with Crippen LogP contribution < -0.4 is 10.3 Å². The molecule has 2 fully saturated rings. The highest BCUT2D eigenvalue weighted by molar-refractivity contribution is 7.89. The number of fused-ring (bicyclic) bond motifs is 1. The fourth-order valence-corrected chi connectivity index (χ4v) is 7.25. The average Bonchev–Trinajstić information content (AvgIpc) is 3.59. The van der Waals surface area contributed by atoms with Crippen LogP contribution in [0.2, 0.25) is 0 Å². The van der Waals surface area contributed by atoms with Crippen LogP contribution in [0, 0.1) is 5.92 Å². The van der Waals surface area contributed by atoms with Crippen molar-refractivity contribution in [2.24, 2.45) is 13.0 Å². The first-order chi connectivity index (χ1) is 19.3. The molecule has 40 heavy (non-hydrogen) atoms. The quantitative estimate of drug-likeness (QED) is 0.377. The number of aliphatic hydroxyl groups excluding tert-OH is 1. The molecule has 11 nitrogen and oxygen atoms in total. The topological polar surface area (TPSA) is 136 Å². The van der Waals surface area contributed by atoms with E-state index < -0.39 is 10.0 Å². The van der Waals surface area contributed by atoms with Gasteiger partial charge >= 0.3 is 0 Å². The van der Waals surface area contributed by atoms with Gasteiger partial charge in [-0.15, -0.1) is 0 Å². The second kappa shape index (κ2) is 12.0. The number of aryl methyl sites for hydroxylation is 2. The van der Waals surface area contributed by atoms with Gasteiger partial charge in [0.25, 0.3) is 5.56 Å². The molecule has 0 radical (unpaired) electrons. The van der Waals surface area contributed by atoms with Crippen molar-refractivity contribution in [3.8, 4) is 17.1 Å². The minimum Gasteiger partial charge on any atom is -0.493 e. The van der Waals surface area contributed by atoms with Crippen LogP contribution in [0.25, 0.3) is 22.4 Å². The number of aromatic amines is 1. The van der Waals surface area contributed by atoms with Crippen LogP contribution in [-0.4, -0.2) is 71.6 Å². The number of rotatable bonds is 10. The van der Waals surface area contributed by atoms with Crippen molar-refractivity contribution in [1.29, 1.82) is 0 Å². The van der Waals surface area contributed by atoms with Crippen molar-refractivity contribution in [3.63, 3.8) is 0 Å². The number of aliphatic hydroxyl groups is 1. The molecule has 1 atom stereocenters. The molecule has 3 aromatic rings. The Morgan fingerprint density at radius 2 is 1.98 bits per heavy atom. The maximum absolute atomic E-state index is 13.7. The Morgan fingerprint density at radius 1 is 1.20 bits per heavy atom. The van der Waals surface area contributed by atoms with E-state index >= 15 is 0 Å². The minimum absolute atomic E-state index is 0.0196. The van der Waals surface area contributed by atoms with Crippen molar-refractivity contribution in [2.45, 2.75) is 63.6 Å². The number of piperidine rings is 1. The van der Waals surface area contributed by atoms with E-state index in [0.717, 1.165) is 18.4 Å². The second-order valence-electron chi connectivity index (χ2n) is 10.4. The van der Waals surface area contributed by atoms with E-state index in [4.69, 9.17) is 19.2 Å². The number of sulfonamides is 1. The molecule has 2 aliphatic rings. The van der Waals surface area contributed by atoms with Gasteiger partial charge in [0, 0.05) is 31.4 Å². The number of nitrogens with one attached hydrogen (secondary N) is 1. The van der Waals surface area contributed by atoms with Crippen LogP contribution in [0.1, 0.15) is 50.8 Å². The molecule has 0 aliphatic carbocycles. The lowest BCUT2D eigenvalue weighted by Gasteiger charge is -2.33. The molecule has 0 saturated carbocycles. The third-order valence-corrected chi connectivity index (χ3v) is 9.79. The highest BCUT2D eigenvalue weighted by Crippen LogP contribution is 2.34. The Balaban J connectivity index is 1.54. The fraction of sp³-hybridized carbons (Fsp3) is 0.571. The van der Waals surface area contributed by atoms with E-state index in [0.29, 0.717) is 80.4 Å². The van der Waals surface area contributed by atoms with Crippen molar-refractivity contribution in [1.82, 2.24) is 18.8 Å². The first-order valence-electron chi connectivity index (χ1n) is 14.0. The Labute approximate surface area is 234 Å². The molecular formula is C28H38N4O7S. The first-order valence-corrected chi connectivity index (χ1v) is 15.4. The maximum atomic E-state index is 13.7. The first kappa shape index (κ1) is 28.7. The number of H-pyrrole nitrogens is 1. The summed E-state index contributed by atoms with van der Waals surface area (Å²) in [5, 5.41) is 10.0. The van der Waals surface area contributed by atoms with E-state index in [1.54, 1.807) is 29.8 Å². The van der Waals surface area contributed by atoms with Crippen LogP contribution >= 0.6 is 0 Å². The van der Waals surface area contributed by atoms with Gasteiger partial charge in [0.2, 0.25) is 10.0 Å². The molecule has 0 amide bonds. The predicted molar refractivity (Wildman–Crippen MR) is 150 cm³/mol. The van der Waals surface area contributed by atoms with E-state index in [2.05, 4.69) is 4.98 Å². The molecule has 2 N–H and O–H groups in total. The number of aromatic nitrogens is 3. The number of ether oxygens (including phenoxy) is 3. The van der Waals surface area contributed by atoms with Gasteiger partial charge in [-0.2, -0.15) is 4.31 Å². The molecule has 2 saturated heterocycles. The normalized spacial score (nSPS) is 19.1. The summed E-state index contributed by atoms with van der Waals surface area (Å²) in [6.07, 6.45) is 3.63. The monoisotopic (exact) mass is 574 g/mol. The lowest BCUT2D eigenvalue weighted by atomic mass is 9.93. The summed E-state index contributed by atoms with van der Waals surface area (Å²) in [6.45, 7) is 5.85. The zero-order chi connectivity index (χ0) is 28.4. The number of hydrogen-bond donors (Lipinski definition) is 2. The lowest BCUT2D eigenvalue weighted by molar-refractivity contribution is 0.0184. The number of hydrogen-bond acceptors (Lipinski definition) is 8. The predicted octanol–water partition coefficient (Wildman–Crippen LogP) is 2.94. The maximum Gasteiger partial charge on any atom is 0.275 e. The Hall–Kier alpha value is -2.77. The zero-order valence-corrected chi connectivity index (χ0v) is 24.1. The van der Waals surface area contributed by atoms with Gasteiger partial charge in [0.05, 0.1) is 41.9 Å². The summed E-state index contributed by atoms with van der Waals surface area (Å²) < 4.78 is 47.6. The molecule has 0 bridgehead atoms. The summed E-state index contributed by atoms with van der Waals surface area (Å²) in [5.74, 6) is 0.934. The summed E-state index contributed by atoms with van der Waals surface area (Å²) in [5.41, 5.74) is 2.36. The van der Waals surface area contributed by atoms with Crippen LogP contribution in [-0.2, 0) is 39.6 Å². The van der Waals surface area contributed by atoms with E-state index in [9.17, 15) is 18.3 Å². The largest absolute Gasteiger partial charge is 0.493 e. The summed E-state index contributed by atoms with van der Waals surface area (Å²) in [7, 11) is -2.07. The highest BCUT2D eigenvalue weighted by atomic mass is 32.2. The lowest BCUT2D eigenvalue weighted by Crippen LogP contribution is -2.41. The Bertz CT molecular complexity index is 1520. The van der Waals surface area contributed by atoms with Gasteiger partial charge in [0.1, 0.15) is 23.9 Å². The Morgan fingerprint density at radius 3 is 2.62 bits per heavy atom. The molecule has 0 spiro atoms. The third kappa shape index (κ3) is 5.30. The van der Waals surface area contributed by atoms with Crippen molar-refractivity contribution in [2.75, 3.05) is 33.1 Å². The number of nitrogens with zero attached hydrogens (tertiary/aromatic N) is 3. The molecule has 2 aliphatic heterocycles. The third-order valence-electron chi connectivity index (χ3n) is 7.90. The molecule has 1 unspecified atom stereocenters. The van der Waals surface area contributed by atoms with Crippen molar-refractivity contribution in [3.05, 3.63) is 39.8 Å². The number of benzene rings is 1. The molecule has 12 heteroatoms. The van der Waals surface area contributed by atoms with Gasteiger partial charge in [-0.25, -0.2) is 13.4 Å². The smallest absolute Gasteiger partial charge is 0.275 e. The summed E-state index contributed by atoms with van der Waals surface area (Å²) >= 11 is 0. The van der Waals surface area contributed by atoms with Gasteiger partial charge < -0.3 is 28.9 Å². The highest BCUT2D eigenvalue weighted by Gasteiger charge is 2.35. The minimum atomic E-state index is -3.80. The van der Waals surface area contributed by atoms with Gasteiger partial charge in [-0.3, -0.25) is 4.79 Å². The van der Waals surface area contributed by atoms with Crippen molar-refractivity contribution >= 4 is 21.1 Å². The molecule has 2 aromatic heterocycles. The summed E-state index contributed by atoms with van der Waals surface area (Å²) in [4.78, 5) is 21.1. The average molecular weight is 575 g/mol. The fourth-order valence-electron chi connectivity index (χ4n) is 5.75.